The van der Waals surface area contributed by atoms with Crippen LogP contribution in [0.3, 0.4) is 0 Å². The Morgan fingerprint density at radius 3 is 2.33 bits per heavy atom. The lowest BCUT2D eigenvalue weighted by atomic mass is 10.3. The Morgan fingerprint density at radius 2 is 1.71 bits per heavy atom. The average Bonchev–Trinajstić information content (AvgIpc) is 2.58. The van der Waals surface area contributed by atoms with Crippen LogP contribution in [0.2, 0.25) is 0 Å². The molecule has 24 heavy (non-hydrogen) atoms. The zero-order valence-corrected chi connectivity index (χ0v) is 14.8. The van der Waals surface area contributed by atoms with E-state index in [1.54, 1.807) is 18.3 Å². The van der Waals surface area contributed by atoms with Crippen molar-refractivity contribution >= 4 is 17.6 Å². The number of rotatable bonds is 4. The Labute approximate surface area is 145 Å². The number of piperazine rings is 1. The highest BCUT2D eigenvalue weighted by molar-refractivity contribution is 7.97. The highest BCUT2D eigenvalue weighted by Gasteiger charge is 2.21. The molecule has 1 aromatic heterocycles. The summed E-state index contributed by atoms with van der Waals surface area (Å²) in [6.45, 7) is 7.60. The van der Waals surface area contributed by atoms with E-state index in [1.165, 1.54) is 4.68 Å². The molecule has 7 heteroatoms. The molecule has 1 aliphatic heterocycles. The van der Waals surface area contributed by atoms with Gasteiger partial charge in [-0.1, -0.05) is 44.0 Å². The van der Waals surface area contributed by atoms with Gasteiger partial charge in [0.15, 0.2) is 0 Å². The number of anilines is 1. The van der Waals surface area contributed by atoms with Gasteiger partial charge in [-0.15, -0.1) is 0 Å². The highest BCUT2D eigenvalue weighted by Crippen LogP contribution is 2.20. The maximum Gasteiger partial charge on any atom is 0.319 e. The predicted octanol–water partition coefficient (Wildman–Crippen LogP) is 1.70. The van der Waals surface area contributed by atoms with Gasteiger partial charge in [0.25, 0.3) is 5.43 Å². The van der Waals surface area contributed by atoms with Crippen LogP contribution in [0, 0.1) is 0 Å². The third kappa shape index (κ3) is 3.57. The number of H-pyrrole nitrogens is 1. The molecule has 1 N–H and O–H groups in total. The van der Waals surface area contributed by atoms with Crippen LogP contribution in [0.5, 0.6) is 0 Å². The van der Waals surface area contributed by atoms with E-state index >= 15 is 0 Å². The fourth-order valence-electron chi connectivity index (χ4n) is 2.80. The molecule has 1 aromatic carbocycles. The smallest absolute Gasteiger partial charge is 0.319 e. The minimum atomic E-state index is -0.544. The second-order valence-electron chi connectivity index (χ2n) is 6.03. The molecule has 0 radical (unpaired) electrons. The van der Waals surface area contributed by atoms with E-state index < -0.39 is 11.0 Å². The lowest BCUT2D eigenvalue weighted by Gasteiger charge is -2.35. The van der Waals surface area contributed by atoms with Crippen LogP contribution < -0.4 is 15.9 Å². The quantitative estimate of drug-likeness (QED) is 0.674. The molecule has 0 spiro atoms. The molecule has 0 saturated carbocycles. The summed E-state index contributed by atoms with van der Waals surface area (Å²) in [5.74, 6) is 0. The molecule has 0 amide bonds. The third-order valence-corrected chi connectivity index (χ3v) is 5.00. The lowest BCUT2D eigenvalue weighted by molar-refractivity contribution is 0.427. The van der Waals surface area contributed by atoms with Crippen LogP contribution in [-0.2, 0) is 0 Å². The topological polar surface area (TPSA) is 61.3 Å². The minimum Gasteiger partial charge on any atom is -0.364 e. The van der Waals surface area contributed by atoms with Crippen LogP contribution in [0.15, 0.2) is 46.1 Å². The van der Waals surface area contributed by atoms with Crippen molar-refractivity contribution in [2.24, 2.45) is 0 Å². The number of nitrogens with one attached hydrogen (secondary N) is 1. The van der Waals surface area contributed by atoms with E-state index in [9.17, 15) is 9.59 Å². The fraction of sp³-hybridized carbons (Fsp3) is 0.412. The first kappa shape index (κ1) is 16.9. The van der Waals surface area contributed by atoms with Gasteiger partial charge in [0.05, 0.1) is 5.69 Å². The molecule has 0 unspecified atom stereocenters. The standard InChI is InChI=1S/C17H22N4O2S/c1-13(2)24-20-10-8-19(9-11-20)15-12-18-21(17(23)16(15)22)14-6-4-3-5-7-14/h3-7,12-13,18H,8-11H2,1-2H3. The van der Waals surface area contributed by atoms with E-state index in [-0.39, 0.29) is 0 Å². The minimum absolute atomic E-state index is 0.456. The summed E-state index contributed by atoms with van der Waals surface area (Å²) in [4.78, 5) is 26.9. The highest BCUT2D eigenvalue weighted by atomic mass is 32.2. The van der Waals surface area contributed by atoms with E-state index in [4.69, 9.17) is 0 Å². The van der Waals surface area contributed by atoms with Gasteiger partial charge in [-0.25, -0.2) is 8.99 Å². The van der Waals surface area contributed by atoms with Gasteiger partial charge in [-0.2, -0.15) is 0 Å². The molecule has 2 heterocycles. The number of aromatic nitrogens is 2. The van der Waals surface area contributed by atoms with Crippen molar-refractivity contribution in [3.05, 3.63) is 57.1 Å². The summed E-state index contributed by atoms with van der Waals surface area (Å²) in [5.41, 5.74) is 0.117. The van der Waals surface area contributed by atoms with Crippen LogP contribution in [0.25, 0.3) is 5.69 Å². The van der Waals surface area contributed by atoms with E-state index in [2.05, 4.69) is 23.3 Å². The van der Waals surface area contributed by atoms with E-state index in [0.717, 1.165) is 26.2 Å². The Hall–Kier alpha value is -1.99. The molecule has 128 valence electrons. The van der Waals surface area contributed by atoms with Crippen LogP contribution >= 0.6 is 11.9 Å². The second-order valence-corrected chi connectivity index (χ2v) is 7.70. The van der Waals surface area contributed by atoms with Crippen LogP contribution in [0.1, 0.15) is 13.8 Å². The van der Waals surface area contributed by atoms with E-state index in [1.807, 2.05) is 35.0 Å². The molecule has 0 bridgehead atoms. The van der Waals surface area contributed by atoms with Crippen molar-refractivity contribution < 1.29 is 0 Å². The maximum absolute atomic E-state index is 12.5. The first-order valence-electron chi connectivity index (χ1n) is 8.13. The summed E-state index contributed by atoms with van der Waals surface area (Å²) < 4.78 is 3.61. The normalized spacial score (nSPS) is 15.9. The monoisotopic (exact) mass is 346 g/mol. The Kier molecular flexibility index (Phi) is 5.11. The number of hydrogen-bond donors (Lipinski definition) is 1. The van der Waals surface area contributed by atoms with Gasteiger partial charge in [-0.3, -0.25) is 14.7 Å². The van der Waals surface area contributed by atoms with Crippen LogP contribution in [0.4, 0.5) is 5.69 Å². The first-order chi connectivity index (χ1) is 11.6. The van der Waals surface area contributed by atoms with Gasteiger partial charge < -0.3 is 4.90 Å². The zero-order valence-electron chi connectivity index (χ0n) is 13.9. The molecule has 6 nitrogen and oxygen atoms in total. The fourth-order valence-corrected chi connectivity index (χ4v) is 3.77. The molecular formula is C17H22N4O2S. The van der Waals surface area contributed by atoms with Crippen molar-refractivity contribution in [1.82, 2.24) is 14.1 Å². The van der Waals surface area contributed by atoms with Crippen molar-refractivity contribution in [3.8, 4) is 5.69 Å². The van der Waals surface area contributed by atoms with Crippen molar-refractivity contribution in [1.29, 1.82) is 0 Å². The second kappa shape index (κ2) is 7.27. The van der Waals surface area contributed by atoms with Crippen LogP contribution in [-0.4, -0.2) is 45.5 Å². The number of aromatic amines is 1. The molecule has 0 aliphatic carbocycles. The predicted molar refractivity (Wildman–Crippen MR) is 99.2 cm³/mol. The molecule has 2 aromatic rings. The largest absolute Gasteiger partial charge is 0.364 e. The molecular weight excluding hydrogens is 324 g/mol. The molecule has 1 saturated heterocycles. The number of nitrogens with zero attached hydrogens (tertiary/aromatic N) is 3. The number of para-hydroxylation sites is 1. The Balaban J connectivity index is 1.80. The van der Waals surface area contributed by atoms with Crippen molar-refractivity contribution in [2.75, 3.05) is 31.1 Å². The summed E-state index contributed by atoms with van der Waals surface area (Å²) in [5, 5.41) is 3.50. The zero-order chi connectivity index (χ0) is 17.1. The van der Waals surface area contributed by atoms with Crippen molar-refractivity contribution in [3.63, 3.8) is 0 Å². The Bertz CT molecular complexity index is 792. The number of hydrogen-bond acceptors (Lipinski definition) is 5. The summed E-state index contributed by atoms with van der Waals surface area (Å²) in [6, 6.07) is 9.12. The summed E-state index contributed by atoms with van der Waals surface area (Å²) in [6.07, 6.45) is 1.64. The summed E-state index contributed by atoms with van der Waals surface area (Å²) in [7, 11) is 0. The summed E-state index contributed by atoms with van der Waals surface area (Å²) >= 11 is 1.83. The first-order valence-corrected chi connectivity index (χ1v) is 8.97. The van der Waals surface area contributed by atoms with Gasteiger partial charge in [0, 0.05) is 37.6 Å². The third-order valence-electron chi connectivity index (χ3n) is 3.91. The van der Waals surface area contributed by atoms with Crippen molar-refractivity contribution in [2.45, 2.75) is 19.1 Å². The maximum atomic E-state index is 12.5. The molecule has 3 rings (SSSR count). The van der Waals surface area contributed by atoms with E-state index in [0.29, 0.717) is 16.6 Å². The average molecular weight is 346 g/mol. The number of benzene rings is 1. The van der Waals surface area contributed by atoms with Gasteiger partial charge in [0.1, 0.15) is 5.69 Å². The molecule has 1 aliphatic rings. The SMILES string of the molecule is CC(C)SN1CCN(c2c[nH]n(-c3ccccc3)c(=O)c2=O)CC1. The van der Waals surface area contributed by atoms with Gasteiger partial charge in [-0.05, 0) is 12.1 Å². The van der Waals surface area contributed by atoms with Gasteiger partial charge in [0.2, 0.25) is 0 Å². The lowest BCUT2D eigenvalue weighted by Crippen LogP contribution is -2.48. The van der Waals surface area contributed by atoms with Gasteiger partial charge >= 0.3 is 5.56 Å². The molecule has 1 fully saturated rings. The Morgan fingerprint density at radius 1 is 1.04 bits per heavy atom. The molecule has 0 atom stereocenters.